The number of ether oxygens (including phenoxy) is 1. The molecule has 0 unspecified atom stereocenters. The van der Waals surface area contributed by atoms with E-state index in [2.05, 4.69) is 22.2 Å². The van der Waals surface area contributed by atoms with Crippen molar-refractivity contribution >= 4 is 17.7 Å². The Morgan fingerprint density at radius 2 is 2.07 bits per heavy atom. The molecule has 0 aliphatic carbocycles. The number of carboxylic acid groups (broad SMARTS) is 1. The lowest BCUT2D eigenvalue weighted by Crippen LogP contribution is -2.21. The number of anilines is 2. The van der Waals surface area contributed by atoms with E-state index < -0.39 is 5.97 Å². The van der Waals surface area contributed by atoms with Crippen molar-refractivity contribution in [3.05, 3.63) is 40.6 Å². The maximum Gasteiger partial charge on any atom is 0.307 e. The fraction of sp³-hybridized carbons (Fsp3) is 0.500. The Morgan fingerprint density at radius 3 is 2.70 bits per heavy atom. The van der Waals surface area contributed by atoms with Crippen molar-refractivity contribution in [2.24, 2.45) is 0 Å². The molecule has 2 rings (SSSR count). The van der Waals surface area contributed by atoms with Gasteiger partial charge in [0, 0.05) is 30.3 Å². The van der Waals surface area contributed by atoms with E-state index in [1.165, 1.54) is 0 Å². The molecule has 1 atom stereocenters. The Kier molecular flexibility index (Phi) is 8.86. The zero-order chi connectivity index (χ0) is 22.1. The average Bonchev–Trinajstić information content (AvgIpc) is 2.70. The topological polar surface area (TPSA) is 131 Å². The highest BCUT2D eigenvalue weighted by Gasteiger charge is 2.17. The number of carboxylic acids is 1. The maximum atomic E-state index is 11.0. The van der Waals surface area contributed by atoms with Gasteiger partial charge in [-0.3, -0.25) is 4.79 Å². The molecule has 0 saturated carbocycles. The summed E-state index contributed by atoms with van der Waals surface area (Å²) in [7, 11) is 1.57. The van der Waals surface area contributed by atoms with E-state index in [1.807, 2.05) is 13.0 Å². The summed E-state index contributed by atoms with van der Waals surface area (Å²) < 4.78 is 5.51. The van der Waals surface area contributed by atoms with Gasteiger partial charge in [0.25, 0.3) is 0 Å². The Balaban J connectivity index is 2.32. The Hall–Kier alpha value is -2.87. The van der Waals surface area contributed by atoms with E-state index >= 15 is 0 Å². The molecule has 0 fully saturated rings. The molecule has 30 heavy (non-hydrogen) atoms. The molecule has 2 aromatic rings. The summed E-state index contributed by atoms with van der Waals surface area (Å²) in [5.41, 5.74) is 9.21. The molecule has 0 aliphatic heterocycles. The number of nitrogens with one attached hydrogen (secondary N) is 1. The van der Waals surface area contributed by atoms with Crippen LogP contribution in [0.1, 0.15) is 55.0 Å². The lowest BCUT2D eigenvalue weighted by molar-refractivity contribution is -0.136. The van der Waals surface area contributed by atoms with Gasteiger partial charge in [0.15, 0.2) is 0 Å². The molecule has 0 amide bonds. The highest BCUT2D eigenvalue weighted by atomic mass is 16.5. The normalized spacial score (nSPS) is 11.9. The van der Waals surface area contributed by atoms with Gasteiger partial charge in [0.2, 0.25) is 5.95 Å². The van der Waals surface area contributed by atoms with Crippen LogP contribution in [0.15, 0.2) is 18.2 Å². The first-order chi connectivity index (χ1) is 14.4. The lowest BCUT2D eigenvalue weighted by atomic mass is 10.00. The number of hydrogen-bond acceptors (Lipinski definition) is 7. The van der Waals surface area contributed by atoms with Crippen molar-refractivity contribution in [1.82, 2.24) is 9.97 Å². The number of aliphatic carboxylic acids is 1. The van der Waals surface area contributed by atoms with Crippen LogP contribution in [0.5, 0.6) is 5.75 Å². The van der Waals surface area contributed by atoms with E-state index in [1.54, 1.807) is 19.2 Å². The third-order valence-corrected chi connectivity index (χ3v) is 5.10. The second-order valence-corrected chi connectivity index (χ2v) is 7.36. The van der Waals surface area contributed by atoms with Crippen molar-refractivity contribution in [1.29, 1.82) is 0 Å². The number of hydrogen-bond donors (Lipinski definition) is 4. The number of nitrogen functional groups attached to an aromatic ring is 1. The van der Waals surface area contributed by atoms with Crippen LogP contribution in [0, 0.1) is 6.92 Å². The van der Waals surface area contributed by atoms with Crippen molar-refractivity contribution < 1.29 is 19.7 Å². The van der Waals surface area contributed by atoms with Crippen molar-refractivity contribution in [2.75, 3.05) is 24.8 Å². The van der Waals surface area contributed by atoms with Gasteiger partial charge in [-0.05, 0) is 49.8 Å². The molecule has 8 heteroatoms. The number of unbranched alkanes of at least 4 members (excludes halogenated alkanes) is 1. The second kappa shape index (κ2) is 11.3. The van der Waals surface area contributed by atoms with Crippen LogP contribution in [-0.4, -0.2) is 45.9 Å². The summed E-state index contributed by atoms with van der Waals surface area (Å²) >= 11 is 0. The summed E-state index contributed by atoms with van der Waals surface area (Å²) in [4.78, 5) is 19.8. The van der Waals surface area contributed by atoms with Gasteiger partial charge in [-0.2, -0.15) is 4.98 Å². The maximum absolute atomic E-state index is 11.0. The summed E-state index contributed by atoms with van der Waals surface area (Å²) in [6.45, 7) is 4.20. The van der Waals surface area contributed by atoms with Crippen LogP contribution < -0.4 is 15.8 Å². The Morgan fingerprint density at radius 1 is 1.30 bits per heavy atom. The SMILES string of the molecule is CC[C@@H](CCCCO)Nc1nc(N)nc(C)c1Cc1ccc(CC(=O)O)cc1OC. The third-order valence-electron chi connectivity index (χ3n) is 5.10. The van der Waals surface area contributed by atoms with Crippen LogP contribution in [-0.2, 0) is 17.6 Å². The number of nitrogens with zero attached hydrogens (tertiary/aromatic N) is 2. The van der Waals surface area contributed by atoms with Crippen molar-refractivity contribution in [2.45, 2.75) is 58.4 Å². The molecule has 8 nitrogen and oxygen atoms in total. The number of aromatic nitrogens is 2. The third kappa shape index (κ3) is 6.59. The van der Waals surface area contributed by atoms with Crippen LogP contribution in [0.2, 0.25) is 0 Å². The van der Waals surface area contributed by atoms with Gasteiger partial charge in [-0.1, -0.05) is 19.1 Å². The summed E-state index contributed by atoms with van der Waals surface area (Å²) in [5.74, 6) is 0.664. The van der Waals surface area contributed by atoms with Gasteiger partial charge in [-0.15, -0.1) is 0 Å². The lowest BCUT2D eigenvalue weighted by Gasteiger charge is -2.21. The number of nitrogens with two attached hydrogens (primary N) is 1. The van der Waals surface area contributed by atoms with E-state index in [0.29, 0.717) is 23.6 Å². The number of methoxy groups -OCH3 is 1. The molecule has 0 saturated heterocycles. The quantitative estimate of drug-likeness (QED) is 0.389. The number of aliphatic hydroxyl groups excluding tert-OH is 1. The highest BCUT2D eigenvalue weighted by Crippen LogP contribution is 2.28. The number of carbonyl (C=O) groups is 1. The molecule has 0 radical (unpaired) electrons. The predicted molar refractivity (Wildman–Crippen MR) is 117 cm³/mol. The molecular weight excluding hydrogens is 384 g/mol. The zero-order valence-electron chi connectivity index (χ0n) is 17.9. The van der Waals surface area contributed by atoms with Gasteiger partial charge < -0.3 is 26.0 Å². The number of benzene rings is 1. The first-order valence-corrected chi connectivity index (χ1v) is 10.3. The van der Waals surface area contributed by atoms with Gasteiger partial charge in [-0.25, -0.2) is 4.98 Å². The minimum Gasteiger partial charge on any atom is -0.496 e. The molecule has 1 heterocycles. The smallest absolute Gasteiger partial charge is 0.307 e. The number of aryl methyl sites for hydroxylation is 1. The van der Waals surface area contributed by atoms with E-state index in [-0.39, 0.29) is 25.0 Å². The summed E-state index contributed by atoms with van der Waals surface area (Å²) in [6.07, 6.45) is 4.01. The minimum absolute atomic E-state index is 0.0561. The average molecular weight is 417 g/mol. The van der Waals surface area contributed by atoms with E-state index in [0.717, 1.165) is 42.5 Å². The van der Waals surface area contributed by atoms with E-state index in [4.69, 9.17) is 20.7 Å². The Labute approximate surface area is 177 Å². The summed E-state index contributed by atoms with van der Waals surface area (Å²) in [5, 5.41) is 21.6. The molecule has 0 bridgehead atoms. The van der Waals surface area contributed by atoms with Crippen LogP contribution in [0.3, 0.4) is 0 Å². The first kappa shape index (κ1) is 23.4. The molecule has 164 valence electrons. The fourth-order valence-electron chi connectivity index (χ4n) is 3.43. The van der Waals surface area contributed by atoms with Crippen LogP contribution >= 0.6 is 0 Å². The number of rotatable bonds is 12. The highest BCUT2D eigenvalue weighted by molar-refractivity contribution is 5.70. The van der Waals surface area contributed by atoms with Gasteiger partial charge >= 0.3 is 5.97 Å². The zero-order valence-corrected chi connectivity index (χ0v) is 17.9. The van der Waals surface area contributed by atoms with Crippen LogP contribution in [0.4, 0.5) is 11.8 Å². The molecular formula is C22H32N4O4. The van der Waals surface area contributed by atoms with E-state index in [9.17, 15) is 4.79 Å². The summed E-state index contributed by atoms with van der Waals surface area (Å²) in [6, 6.07) is 5.66. The standard InChI is InChI=1S/C22H32N4O4/c1-4-17(7-5-6-10-27)25-21-18(14(2)24-22(23)26-21)13-16-9-8-15(12-20(28)29)11-19(16)30-3/h8-9,11,17,27H,4-7,10,12-13H2,1-3H3,(H,28,29)(H3,23,24,25,26)/t17-/m0/s1. The van der Waals surface area contributed by atoms with Gasteiger partial charge in [0.1, 0.15) is 11.6 Å². The Bertz CT molecular complexity index is 857. The molecule has 0 aliphatic rings. The fourth-order valence-corrected chi connectivity index (χ4v) is 3.43. The molecule has 1 aromatic carbocycles. The van der Waals surface area contributed by atoms with Crippen molar-refractivity contribution in [3.63, 3.8) is 0 Å². The first-order valence-electron chi connectivity index (χ1n) is 10.3. The molecule has 5 N–H and O–H groups in total. The number of aliphatic hydroxyl groups is 1. The monoisotopic (exact) mass is 416 g/mol. The minimum atomic E-state index is -0.883. The predicted octanol–water partition coefficient (Wildman–Crippen LogP) is 2.95. The largest absolute Gasteiger partial charge is 0.496 e. The second-order valence-electron chi connectivity index (χ2n) is 7.36. The molecule has 1 aromatic heterocycles. The molecule has 0 spiro atoms. The van der Waals surface area contributed by atoms with Crippen molar-refractivity contribution in [3.8, 4) is 5.75 Å². The van der Waals surface area contributed by atoms with Crippen LogP contribution in [0.25, 0.3) is 0 Å². The van der Waals surface area contributed by atoms with Gasteiger partial charge in [0.05, 0.1) is 13.5 Å².